The Balaban J connectivity index is 2.61. The second kappa shape index (κ2) is 7.08. The normalized spacial score (nSPS) is 12.4. The van der Waals surface area contributed by atoms with E-state index in [-0.39, 0.29) is 0 Å². The first kappa shape index (κ1) is 17.0. The molecule has 0 aliphatic carbocycles. The number of alkyl carbamates (subject to hydrolysis) is 1. The van der Waals surface area contributed by atoms with Crippen LogP contribution in [0.2, 0.25) is 0 Å². The largest absolute Gasteiger partial charge is 0.444 e. The van der Waals surface area contributed by atoms with Crippen molar-refractivity contribution < 1.29 is 19.4 Å². The zero-order valence-electron chi connectivity index (χ0n) is 12.8. The van der Waals surface area contributed by atoms with Crippen LogP contribution in [0, 0.1) is 6.92 Å². The number of rotatable bonds is 4. The van der Waals surface area contributed by atoms with Crippen LogP contribution in [0.15, 0.2) is 24.3 Å². The molecule has 0 bridgehead atoms. The molecule has 6 nitrogen and oxygen atoms in total. The van der Waals surface area contributed by atoms with Gasteiger partial charge in [-0.1, -0.05) is 17.7 Å². The summed E-state index contributed by atoms with van der Waals surface area (Å²) in [5, 5.41) is 14.2. The minimum atomic E-state index is -1.07. The number of ether oxygens (including phenoxy) is 1. The van der Waals surface area contributed by atoms with Gasteiger partial charge in [0.25, 0.3) is 0 Å². The number of hydrogen-bond acceptors (Lipinski definition) is 4. The zero-order chi connectivity index (χ0) is 16.0. The van der Waals surface area contributed by atoms with E-state index in [1.165, 1.54) is 0 Å². The summed E-state index contributed by atoms with van der Waals surface area (Å²) in [4.78, 5) is 23.6. The quantitative estimate of drug-likeness (QED) is 0.790. The highest BCUT2D eigenvalue weighted by Crippen LogP contribution is 2.10. The van der Waals surface area contributed by atoms with E-state index in [4.69, 9.17) is 4.74 Å². The van der Waals surface area contributed by atoms with Gasteiger partial charge in [0, 0.05) is 5.69 Å². The zero-order valence-corrected chi connectivity index (χ0v) is 12.8. The monoisotopic (exact) mass is 294 g/mol. The first-order valence-electron chi connectivity index (χ1n) is 6.69. The highest BCUT2D eigenvalue weighted by Gasteiger charge is 2.23. The molecule has 1 atom stereocenters. The molecule has 1 rings (SSSR count). The number of benzene rings is 1. The maximum absolute atomic E-state index is 12.0. The maximum Gasteiger partial charge on any atom is 0.408 e. The minimum Gasteiger partial charge on any atom is -0.444 e. The van der Waals surface area contributed by atoms with Gasteiger partial charge in [0.1, 0.15) is 11.6 Å². The lowest BCUT2D eigenvalue weighted by molar-refractivity contribution is -0.119. The molecule has 0 saturated heterocycles. The van der Waals surface area contributed by atoms with Crippen molar-refractivity contribution in [3.63, 3.8) is 0 Å². The number of anilines is 1. The van der Waals surface area contributed by atoms with Gasteiger partial charge in [-0.15, -0.1) is 0 Å². The van der Waals surface area contributed by atoms with E-state index in [0.29, 0.717) is 5.69 Å². The molecule has 0 aliphatic rings. The van der Waals surface area contributed by atoms with Gasteiger partial charge < -0.3 is 20.5 Å². The van der Waals surface area contributed by atoms with E-state index in [0.717, 1.165) is 5.56 Å². The van der Waals surface area contributed by atoms with Crippen LogP contribution in [-0.2, 0) is 9.53 Å². The van der Waals surface area contributed by atoms with Gasteiger partial charge in [-0.25, -0.2) is 4.79 Å². The van der Waals surface area contributed by atoms with E-state index in [2.05, 4.69) is 10.6 Å². The molecule has 0 saturated carbocycles. The number of carbonyl (C=O) groups is 2. The van der Waals surface area contributed by atoms with Crippen molar-refractivity contribution in [2.45, 2.75) is 39.3 Å². The lowest BCUT2D eigenvalue weighted by Crippen LogP contribution is -2.47. The topological polar surface area (TPSA) is 87.7 Å². The predicted molar refractivity (Wildman–Crippen MR) is 80.1 cm³/mol. The van der Waals surface area contributed by atoms with Gasteiger partial charge in [-0.3, -0.25) is 4.79 Å². The van der Waals surface area contributed by atoms with Crippen LogP contribution in [0.5, 0.6) is 0 Å². The van der Waals surface area contributed by atoms with Crippen LogP contribution in [0.1, 0.15) is 26.3 Å². The van der Waals surface area contributed by atoms with Crippen molar-refractivity contribution in [2.75, 3.05) is 11.9 Å². The number of nitrogens with one attached hydrogen (secondary N) is 2. The van der Waals surface area contributed by atoms with Gasteiger partial charge in [0.05, 0.1) is 6.61 Å². The maximum atomic E-state index is 12.0. The van der Waals surface area contributed by atoms with Gasteiger partial charge in [0.15, 0.2) is 0 Å². The van der Waals surface area contributed by atoms with E-state index < -0.39 is 30.3 Å². The highest BCUT2D eigenvalue weighted by atomic mass is 16.6. The summed E-state index contributed by atoms with van der Waals surface area (Å²) in [5.74, 6) is -0.507. The Kier molecular flexibility index (Phi) is 5.72. The number of aliphatic hydroxyl groups is 1. The molecule has 3 N–H and O–H groups in total. The van der Waals surface area contributed by atoms with E-state index in [1.54, 1.807) is 32.9 Å². The summed E-state index contributed by atoms with van der Waals surface area (Å²) in [6, 6.07) is 6.13. The van der Waals surface area contributed by atoms with Crippen molar-refractivity contribution in [1.82, 2.24) is 5.32 Å². The lowest BCUT2D eigenvalue weighted by atomic mass is 10.2. The molecule has 0 unspecified atom stereocenters. The molecule has 0 aliphatic heterocycles. The van der Waals surface area contributed by atoms with Crippen molar-refractivity contribution in [1.29, 1.82) is 0 Å². The Labute approximate surface area is 124 Å². The molecular weight excluding hydrogens is 272 g/mol. The molecule has 0 spiro atoms. The highest BCUT2D eigenvalue weighted by molar-refractivity contribution is 5.96. The minimum absolute atomic E-state index is 0.507. The Morgan fingerprint density at radius 1 is 1.24 bits per heavy atom. The van der Waals surface area contributed by atoms with Crippen LogP contribution in [0.3, 0.4) is 0 Å². The Hall–Kier alpha value is -2.08. The molecule has 6 heteroatoms. The molecule has 0 aromatic heterocycles. The van der Waals surface area contributed by atoms with Crippen LogP contribution in [0.25, 0.3) is 0 Å². The average molecular weight is 294 g/mol. The number of carbonyl (C=O) groups excluding carboxylic acids is 2. The summed E-state index contributed by atoms with van der Waals surface area (Å²) in [7, 11) is 0. The van der Waals surface area contributed by atoms with Crippen molar-refractivity contribution in [3.8, 4) is 0 Å². The van der Waals surface area contributed by atoms with E-state index >= 15 is 0 Å². The summed E-state index contributed by atoms with van der Waals surface area (Å²) < 4.78 is 5.04. The number of aryl methyl sites for hydroxylation is 1. The van der Waals surface area contributed by atoms with Crippen LogP contribution in [0.4, 0.5) is 10.5 Å². The molecule has 0 heterocycles. The molecular formula is C15H22N2O4. The average Bonchev–Trinajstić information content (AvgIpc) is 2.36. The van der Waals surface area contributed by atoms with E-state index in [9.17, 15) is 14.7 Å². The molecule has 0 radical (unpaired) electrons. The van der Waals surface area contributed by atoms with Crippen LogP contribution in [-0.4, -0.2) is 35.4 Å². The Morgan fingerprint density at radius 2 is 1.81 bits per heavy atom. The van der Waals surface area contributed by atoms with Crippen LogP contribution < -0.4 is 10.6 Å². The number of aliphatic hydroxyl groups excluding tert-OH is 1. The Morgan fingerprint density at radius 3 is 2.29 bits per heavy atom. The summed E-state index contributed by atoms with van der Waals surface area (Å²) in [5.41, 5.74) is 0.992. The molecule has 1 aromatic rings. The fraction of sp³-hybridized carbons (Fsp3) is 0.467. The molecule has 21 heavy (non-hydrogen) atoms. The number of hydrogen-bond donors (Lipinski definition) is 3. The van der Waals surface area contributed by atoms with Crippen molar-refractivity contribution in [2.24, 2.45) is 0 Å². The standard InChI is InChI=1S/C15H22N2O4/c1-10-5-7-11(8-6-10)16-13(19)12(9-18)17-14(20)21-15(2,3)4/h5-8,12,18H,9H2,1-4H3,(H,16,19)(H,17,20)/t12-/m1/s1. The second-order valence-electron chi connectivity index (χ2n) is 5.74. The fourth-order valence-electron chi connectivity index (χ4n) is 1.51. The SMILES string of the molecule is Cc1ccc(NC(=O)[C@@H](CO)NC(=O)OC(C)(C)C)cc1. The van der Waals surface area contributed by atoms with Gasteiger partial charge in [-0.2, -0.15) is 0 Å². The molecule has 0 fully saturated rings. The van der Waals surface area contributed by atoms with Crippen molar-refractivity contribution >= 4 is 17.7 Å². The third-order valence-corrected chi connectivity index (χ3v) is 2.51. The van der Waals surface area contributed by atoms with Crippen LogP contribution >= 0.6 is 0 Å². The fourth-order valence-corrected chi connectivity index (χ4v) is 1.51. The van der Waals surface area contributed by atoms with Crippen molar-refractivity contribution in [3.05, 3.63) is 29.8 Å². The first-order chi connectivity index (χ1) is 9.71. The smallest absolute Gasteiger partial charge is 0.408 e. The molecule has 1 aromatic carbocycles. The third-order valence-electron chi connectivity index (χ3n) is 2.51. The summed E-state index contributed by atoms with van der Waals surface area (Å²) >= 11 is 0. The molecule has 2 amide bonds. The lowest BCUT2D eigenvalue weighted by Gasteiger charge is -2.22. The molecule has 116 valence electrons. The predicted octanol–water partition coefficient (Wildman–Crippen LogP) is 1.82. The first-order valence-corrected chi connectivity index (χ1v) is 6.69. The van der Waals surface area contributed by atoms with Gasteiger partial charge >= 0.3 is 6.09 Å². The third kappa shape index (κ3) is 6.27. The summed E-state index contributed by atoms with van der Waals surface area (Å²) in [6.07, 6.45) is -0.749. The number of amides is 2. The van der Waals surface area contributed by atoms with E-state index in [1.807, 2.05) is 19.1 Å². The Bertz CT molecular complexity index is 491. The summed E-state index contributed by atoms with van der Waals surface area (Å²) in [6.45, 7) is 6.57. The van der Waals surface area contributed by atoms with Gasteiger partial charge in [0.2, 0.25) is 5.91 Å². The van der Waals surface area contributed by atoms with Gasteiger partial charge in [-0.05, 0) is 39.8 Å². The second-order valence-corrected chi connectivity index (χ2v) is 5.74.